The van der Waals surface area contributed by atoms with E-state index in [1.54, 1.807) is 11.3 Å². The van der Waals surface area contributed by atoms with Crippen LogP contribution in [0.3, 0.4) is 0 Å². The molecule has 0 radical (unpaired) electrons. The predicted molar refractivity (Wildman–Crippen MR) is 87.3 cm³/mol. The molecule has 0 fully saturated rings. The second-order valence-electron chi connectivity index (χ2n) is 6.69. The summed E-state index contributed by atoms with van der Waals surface area (Å²) < 4.78 is 0. The smallest absolute Gasteiger partial charge is 0.237 e. The fourth-order valence-corrected chi connectivity index (χ4v) is 2.63. The van der Waals surface area contributed by atoms with Crippen molar-refractivity contribution in [2.24, 2.45) is 0 Å². The Bertz CT molecular complexity index is 424. The quantitative estimate of drug-likeness (QED) is 0.810. The van der Waals surface area contributed by atoms with Crippen molar-refractivity contribution < 1.29 is 4.79 Å². The third-order valence-electron chi connectivity index (χ3n) is 3.78. The minimum Gasteiger partial charge on any atom is -0.350 e. The summed E-state index contributed by atoms with van der Waals surface area (Å²) in [6.07, 6.45) is 0.923. The van der Waals surface area contributed by atoms with Gasteiger partial charge in [0.2, 0.25) is 5.91 Å². The lowest BCUT2D eigenvalue weighted by atomic mass is 9.91. The van der Waals surface area contributed by atoms with Crippen LogP contribution in [0.4, 0.5) is 0 Å². The lowest BCUT2D eigenvalue weighted by Crippen LogP contribution is -2.52. The molecule has 1 atom stereocenters. The highest BCUT2D eigenvalue weighted by Gasteiger charge is 2.25. The highest BCUT2D eigenvalue weighted by molar-refractivity contribution is 7.10. The Morgan fingerprint density at radius 3 is 2.50 bits per heavy atom. The third-order valence-corrected chi connectivity index (χ3v) is 5.01. The van der Waals surface area contributed by atoms with Crippen molar-refractivity contribution in [3.05, 3.63) is 22.4 Å². The molecule has 3 nitrogen and oxygen atoms in total. The van der Waals surface area contributed by atoms with E-state index in [0.29, 0.717) is 0 Å². The van der Waals surface area contributed by atoms with Crippen molar-refractivity contribution in [1.29, 1.82) is 0 Å². The molecule has 2 N–H and O–H groups in total. The Kier molecular flexibility index (Phi) is 5.78. The summed E-state index contributed by atoms with van der Waals surface area (Å²) in [6, 6.07) is 4.04. The molecule has 0 saturated carbocycles. The van der Waals surface area contributed by atoms with Crippen LogP contribution in [0, 0.1) is 0 Å². The first-order chi connectivity index (χ1) is 9.18. The molecule has 1 amide bonds. The maximum atomic E-state index is 12.1. The van der Waals surface area contributed by atoms with E-state index in [0.717, 1.165) is 13.0 Å². The second kappa shape index (κ2) is 6.72. The molecule has 20 heavy (non-hydrogen) atoms. The number of carbonyl (C=O) groups is 1. The topological polar surface area (TPSA) is 41.1 Å². The standard InChI is InChI=1S/C16H28N2OS/c1-7-16(5,6)18-14(19)12(2)17-11-15(3,4)13-9-8-10-20-13/h8-10,12,17H,7,11H2,1-6H3,(H,18,19). The maximum Gasteiger partial charge on any atom is 0.237 e. The average molecular weight is 296 g/mol. The molecule has 0 aliphatic carbocycles. The van der Waals surface area contributed by atoms with Gasteiger partial charge in [0.05, 0.1) is 6.04 Å². The van der Waals surface area contributed by atoms with Gasteiger partial charge in [0.25, 0.3) is 0 Å². The van der Waals surface area contributed by atoms with Gasteiger partial charge in [-0.3, -0.25) is 4.79 Å². The Hall–Kier alpha value is -0.870. The fraction of sp³-hybridized carbons (Fsp3) is 0.688. The molecule has 0 aliphatic rings. The summed E-state index contributed by atoms with van der Waals surface area (Å²) >= 11 is 1.76. The first-order valence-electron chi connectivity index (χ1n) is 7.27. The van der Waals surface area contributed by atoms with Crippen molar-refractivity contribution in [2.45, 2.75) is 65.0 Å². The van der Waals surface area contributed by atoms with E-state index >= 15 is 0 Å². The number of hydrogen-bond donors (Lipinski definition) is 2. The predicted octanol–water partition coefficient (Wildman–Crippen LogP) is 3.31. The normalized spacial score (nSPS) is 14.1. The van der Waals surface area contributed by atoms with Gasteiger partial charge in [-0.05, 0) is 38.6 Å². The lowest BCUT2D eigenvalue weighted by Gasteiger charge is -2.29. The number of thiophene rings is 1. The summed E-state index contributed by atoms with van der Waals surface area (Å²) in [5, 5.41) is 8.52. The number of rotatable bonds is 7. The monoisotopic (exact) mass is 296 g/mol. The van der Waals surface area contributed by atoms with Gasteiger partial charge < -0.3 is 10.6 Å². The first-order valence-corrected chi connectivity index (χ1v) is 8.15. The molecule has 1 heterocycles. The SMILES string of the molecule is CCC(C)(C)NC(=O)C(C)NCC(C)(C)c1cccs1. The largest absolute Gasteiger partial charge is 0.350 e. The van der Waals surface area contributed by atoms with Crippen molar-refractivity contribution in [3.8, 4) is 0 Å². The molecule has 0 spiro atoms. The molecule has 0 aliphatic heterocycles. The zero-order valence-electron chi connectivity index (χ0n) is 13.5. The van der Waals surface area contributed by atoms with Gasteiger partial charge in [-0.25, -0.2) is 0 Å². The van der Waals surface area contributed by atoms with Gasteiger partial charge in [-0.1, -0.05) is 26.8 Å². The zero-order valence-corrected chi connectivity index (χ0v) is 14.4. The highest BCUT2D eigenvalue weighted by atomic mass is 32.1. The molecule has 1 rings (SSSR count). The van der Waals surface area contributed by atoms with Crippen LogP contribution in [0.1, 0.15) is 52.8 Å². The van der Waals surface area contributed by atoms with Crippen LogP contribution in [0.15, 0.2) is 17.5 Å². The summed E-state index contributed by atoms with van der Waals surface area (Å²) in [5.74, 6) is 0.0684. The van der Waals surface area contributed by atoms with Crippen molar-refractivity contribution in [2.75, 3.05) is 6.54 Å². The van der Waals surface area contributed by atoms with Crippen molar-refractivity contribution >= 4 is 17.2 Å². The van der Waals surface area contributed by atoms with Crippen LogP contribution in [-0.4, -0.2) is 24.0 Å². The van der Waals surface area contributed by atoms with Gasteiger partial charge >= 0.3 is 0 Å². The van der Waals surface area contributed by atoms with Gasteiger partial charge in [-0.2, -0.15) is 0 Å². The van der Waals surface area contributed by atoms with Crippen molar-refractivity contribution in [3.63, 3.8) is 0 Å². The molecule has 0 aromatic carbocycles. The molecule has 1 aromatic rings. The molecule has 0 bridgehead atoms. The first kappa shape index (κ1) is 17.2. The number of nitrogens with one attached hydrogen (secondary N) is 2. The van der Waals surface area contributed by atoms with E-state index in [9.17, 15) is 4.79 Å². The van der Waals surface area contributed by atoms with Crippen LogP contribution in [-0.2, 0) is 10.2 Å². The molecular formula is C16H28N2OS. The molecular weight excluding hydrogens is 268 g/mol. The summed E-state index contributed by atoms with van der Waals surface area (Å²) in [4.78, 5) is 13.5. The van der Waals surface area contributed by atoms with Gasteiger partial charge in [0.15, 0.2) is 0 Å². The molecule has 0 saturated heterocycles. The van der Waals surface area contributed by atoms with Gasteiger partial charge in [-0.15, -0.1) is 11.3 Å². The van der Waals surface area contributed by atoms with Crippen LogP contribution >= 0.6 is 11.3 Å². The van der Waals surface area contributed by atoms with Crippen LogP contribution in [0.2, 0.25) is 0 Å². The minimum atomic E-state index is -0.180. The molecule has 4 heteroatoms. The van der Waals surface area contributed by atoms with Gasteiger partial charge in [0, 0.05) is 22.4 Å². The Labute approximate surface area is 127 Å². The van der Waals surface area contributed by atoms with E-state index in [4.69, 9.17) is 0 Å². The van der Waals surface area contributed by atoms with Crippen molar-refractivity contribution in [1.82, 2.24) is 10.6 Å². The van der Waals surface area contributed by atoms with Crippen LogP contribution < -0.4 is 10.6 Å². The summed E-state index contributed by atoms with van der Waals surface area (Å²) in [6.45, 7) is 13.3. The lowest BCUT2D eigenvalue weighted by molar-refractivity contribution is -0.124. The third kappa shape index (κ3) is 4.91. The van der Waals surface area contributed by atoms with E-state index in [2.05, 4.69) is 48.9 Å². The zero-order chi connectivity index (χ0) is 15.4. The van der Waals surface area contributed by atoms with E-state index in [-0.39, 0.29) is 22.9 Å². The Morgan fingerprint density at radius 1 is 1.35 bits per heavy atom. The highest BCUT2D eigenvalue weighted by Crippen LogP contribution is 2.26. The second-order valence-corrected chi connectivity index (χ2v) is 7.64. The minimum absolute atomic E-state index is 0.0446. The molecule has 1 aromatic heterocycles. The fourth-order valence-electron chi connectivity index (χ4n) is 1.78. The van der Waals surface area contributed by atoms with E-state index < -0.39 is 0 Å². The Morgan fingerprint density at radius 2 is 2.00 bits per heavy atom. The molecule has 114 valence electrons. The van der Waals surface area contributed by atoms with E-state index in [1.807, 2.05) is 20.8 Å². The van der Waals surface area contributed by atoms with Crippen LogP contribution in [0.5, 0.6) is 0 Å². The van der Waals surface area contributed by atoms with E-state index in [1.165, 1.54) is 4.88 Å². The number of hydrogen-bond acceptors (Lipinski definition) is 3. The average Bonchev–Trinajstić information content (AvgIpc) is 2.90. The van der Waals surface area contributed by atoms with Crippen LogP contribution in [0.25, 0.3) is 0 Å². The Balaban J connectivity index is 2.51. The number of carbonyl (C=O) groups excluding carboxylic acids is 1. The summed E-state index contributed by atoms with van der Waals surface area (Å²) in [5.41, 5.74) is -0.0979. The number of amides is 1. The molecule has 1 unspecified atom stereocenters. The van der Waals surface area contributed by atoms with Gasteiger partial charge in [0.1, 0.15) is 0 Å². The summed E-state index contributed by atoms with van der Waals surface area (Å²) in [7, 11) is 0. The maximum absolute atomic E-state index is 12.1.